The zero-order chi connectivity index (χ0) is 20.4. The first-order valence-electron chi connectivity index (χ1n) is 8.34. The van der Waals surface area contributed by atoms with E-state index in [2.05, 4.69) is 9.44 Å². The van der Waals surface area contributed by atoms with Gasteiger partial charge in [0, 0.05) is 25.0 Å². The molecular formula is C17H20ClN3O5S2. The lowest BCUT2D eigenvalue weighted by Crippen LogP contribution is -2.43. The van der Waals surface area contributed by atoms with E-state index in [0.29, 0.717) is 29.6 Å². The van der Waals surface area contributed by atoms with Crippen molar-refractivity contribution in [2.75, 3.05) is 30.2 Å². The van der Waals surface area contributed by atoms with Crippen LogP contribution in [0.4, 0.5) is 5.69 Å². The predicted molar refractivity (Wildman–Crippen MR) is 108 cm³/mol. The smallest absolute Gasteiger partial charge is 0.244 e. The predicted octanol–water partition coefficient (Wildman–Crippen LogP) is 1.82. The zero-order valence-electron chi connectivity index (χ0n) is 15.1. The Bertz CT molecular complexity index is 1060. The number of hydrogen-bond acceptors (Lipinski definition) is 6. The van der Waals surface area contributed by atoms with Crippen LogP contribution in [0.25, 0.3) is 0 Å². The molecule has 0 aromatic heterocycles. The number of anilines is 1. The minimum Gasteiger partial charge on any atom is -0.457 e. The van der Waals surface area contributed by atoms with E-state index < -0.39 is 20.0 Å². The average molecular weight is 446 g/mol. The maximum Gasteiger partial charge on any atom is 0.244 e. The van der Waals surface area contributed by atoms with Gasteiger partial charge in [0.05, 0.1) is 18.6 Å². The number of fused-ring (bicyclic) bond motifs is 1. The van der Waals surface area contributed by atoms with E-state index in [0.717, 1.165) is 11.8 Å². The molecule has 2 aromatic carbocycles. The fourth-order valence-corrected chi connectivity index (χ4v) is 4.55. The maximum atomic E-state index is 12.3. The van der Waals surface area contributed by atoms with Crippen molar-refractivity contribution in [1.29, 1.82) is 0 Å². The number of ether oxygens (including phenoxy) is 1. The van der Waals surface area contributed by atoms with Crippen molar-refractivity contribution >= 4 is 37.3 Å². The number of hydrogen-bond donors (Lipinski definition) is 2. The van der Waals surface area contributed by atoms with Gasteiger partial charge in [-0.25, -0.2) is 21.6 Å². The highest BCUT2D eigenvalue weighted by Gasteiger charge is 2.28. The van der Waals surface area contributed by atoms with Gasteiger partial charge < -0.3 is 9.64 Å². The summed E-state index contributed by atoms with van der Waals surface area (Å²) >= 11 is 5.79. The van der Waals surface area contributed by atoms with Gasteiger partial charge in [0.25, 0.3) is 0 Å². The van der Waals surface area contributed by atoms with E-state index in [1.165, 1.54) is 6.07 Å². The summed E-state index contributed by atoms with van der Waals surface area (Å²) in [6.07, 6.45) is 1.09. The molecule has 2 N–H and O–H groups in total. The number of rotatable bonds is 7. The van der Waals surface area contributed by atoms with Crippen LogP contribution in [-0.4, -0.2) is 42.2 Å². The third kappa shape index (κ3) is 5.15. The summed E-state index contributed by atoms with van der Waals surface area (Å²) < 4.78 is 57.6. The fourth-order valence-electron chi connectivity index (χ4n) is 2.69. The first-order chi connectivity index (χ1) is 13.2. The molecule has 0 bridgehead atoms. The molecule has 0 amide bonds. The lowest BCUT2D eigenvalue weighted by Gasteiger charge is -2.31. The number of benzene rings is 2. The molecule has 3 rings (SSSR count). The average Bonchev–Trinajstić information content (AvgIpc) is 2.63. The van der Waals surface area contributed by atoms with Gasteiger partial charge in [0.2, 0.25) is 20.0 Å². The van der Waals surface area contributed by atoms with Crippen LogP contribution in [0.5, 0.6) is 11.5 Å². The molecule has 0 spiro atoms. The number of alkyl halides is 1. The Morgan fingerprint density at radius 1 is 1.18 bits per heavy atom. The molecule has 8 nitrogen and oxygen atoms in total. The summed E-state index contributed by atoms with van der Waals surface area (Å²) in [5, 5.41) is 0. The Morgan fingerprint density at radius 2 is 1.86 bits per heavy atom. The van der Waals surface area contributed by atoms with Crippen LogP contribution in [-0.2, 0) is 26.6 Å². The van der Waals surface area contributed by atoms with E-state index >= 15 is 0 Å². The van der Waals surface area contributed by atoms with Crippen LogP contribution in [0.3, 0.4) is 0 Å². The summed E-state index contributed by atoms with van der Waals surface area (Å²) in [6.45, 7) is 0.865. The van der Waals surface area contributed by atoms with Gasteiger partial charge in [-0.2, -0.15) is 4.72 Å². The van der Waals surface area contributed by atoms with Crippen LogP contribution in [0.15, 0.2) is 47.4 Å². The topological polar surface area (TPSA) is 105 Å². The molecule has 1 aliphatic heterocycles. The molecule has 0 aliphatic carbocycles. The summed E-state index contributed by atoms with van der Waals surface area (Å²) in [5.74, 6) is 1.25. The minimum absolute atomic E-state index is 0.135. The Labute approximate surface area is 169 Å². The molecule has 152 valence electrons. The van der Waals surface area contributed by atoms with Gasteiger partial charge >= 0.3 is 0 Å². The summed E-state index contributed by atoms with van der Waals surface area (Å²) in [4.78, 5) is 1.98. The van der Waals surface area contributed by atoms with Gasteiger partial charge in [-0.05, 0) is 29.8 Å². The molecule has 0 atom stereocenters. The van der Waals surface area contributed by atoms with Crippen molar-refractivity contribution in [3.8, 4) is 11.5 Å². The quantitative estimate of drug-likeness (QED) is 0.630. The lowest BCUT2D eigenvalue weighted by molar-refractivity contribution is 0.479. The SMILES string of the molecule is CS(=O)(=O)NCc1ccc(Oc2ccc3c(c2)S(=O)(=O)NCN3CCCl)cc1. The molecule has 0 radical (unpaired) electrons. The molecule has 1 aliphatic rings. The van der Waals surface area contributed by atoms with Gasteiger partial charge in [-0.1, -0.05) is 12.1 Å². The van der Waals surface area contributed by atoms with E-state index in [-0.39, 0.29) is 18.1 Å². The largest absolute Gasteiger partial charge is 0.457 e. The summed E-state index contributed by atoms with van der Waals surface area (Å²) in [6, 6.07) is 11.7. The molecular weight excluding hydrogens is 426 g/mol. The Kier molecular flexibility index (Phi) is 6.15. The van der Waals surface area contributed by atoms with E-state index in [4.69, 9.17) is 16.3 Å². The standard InChI is InChI=1S/C17H20ClN3O5S2/c1-27(22,23)19-11-13-2-4-14(5-3-13)26-15-6-7-16-17(10-15)28(24,25)20-12-21(16)9-8-18/h2-7,10,19-20H,8-9,11-12H2,1H3. The van der Waals surface area contributed by atoms with Crippen molar-refractivity contribution in [2.24, 2.45) is 0 Å². The highest BCUT2D eigenvalue weighted by atomic mass is 35.5. The van der Waals surface area contributed by atoms with Gasteiger partial charge in [-0.3, -0.25) is 0 Å². The Hall–Kier alpha value is -1.85. The lowest BCUT2D eigenvalue weighted by atomic mass is 10.2. The fraction of sp³-hybridized carbons (Fsp3) is 0.294. The summed E-state index contributed by atoms with van der Waals surface area (Å²) in [5.41, 5.74) is 1.35. The molecule has 0 unspecified atom stereocenters. The van der Waals surface area contributed by atoms with Crippen LogP contribution in [0.2, 0.25) is 0 Å². The highest BCUT2D eigenvalue weighted by Crippen LogP contribution is 2.33. The van der Waals surface area contributed by atoms with Gasteiger partial charge in [0.15, 0.2) is 0 Å². The zero-order valence-corrected chi connectivity index (χ0v) is 17.4. The molecule has 0 fully saturated rings. The number of sulfonamides is 2. The third-order valence-electron chi connectivity index (χ3n) is 4.06. The van der Waals surface area contributed by atoms with Crippen LogP contribution >= 0.6 is 11.6 Å². The van der Waals surface area contributed by atoms with Crippen LogP contribution in [0, 0.1) is 0 Å². The molecule has 11 heteroatoms. The van der Waals surface area contributed by atoms with Gasteiger partial charge in [0.1, 0.15) is 16.4 Å². The normalized spacial score (nSPS) is 15.9. The second-order valence-electron chi connectivity index (χ2n) is 6.23. The molecule has 28 heavy (non-hydrogen) atoms. The van der Waals surface area contributed by atoms with Crippen molar-refractivity contribution in [3.05, 3.63) is 48.0 Å². The molecule has 1 heterocycles. The highest BCUT2D eigenvalue weighted by molar-refractivity contribution is 7.89. The van der Waals surface area contributed by atoms with Crippen molar-refractivity contribution < 1.29 is 21.6 Å². The number of nitrogens with zero attached hydrogens (tertiary/aromatic N) is 1. The second-order valence-corrected chi connectivity index (χ2v) is 10.2. The van der Waals surface area contributed by atoms with Crippen LogP contribution in [0.1, 0.15) is 5.56 Å². The monoisotopic (exact) mass is 445 g/mol. The van der Waals surface area contributed by atoms with Crippen molar-refractivity contribution in [3.63, 3.8) is 0 Å². The molecule has 0 saturated heterocycles. The van der Waals surface area contributed by atoms with Crippen molar-refractivity contribution in [2.45, 2.75) is 11.4 Å². The first kappa shape index (κ1) is 20.9. The minimum atomic E-state index is -3.62. The van der Waals surface area contributed by atoms with Gasteiger partial charge in [-0.15, -0.1) is 11.6 Å². The maximum absolute atomic E-state index is 12.3. The molecule has 2 aromatic rings. The van der Waals surface area contributed by atoms with Crippen LogP contribution < -0.4 is 19.1 Å². The Morgan fingerprint density at radius 3 is 2.50 bits per heavy atom. The number of nitrogens with one attached hydrogen (secondary N) is 2. The van der Waals surface area contributed by atoms with E-state index in [1.807, 2.05) is 4.90 Å². The van der Waals surface area contributed by atoms with E-state index in [9.17, 15) is 16.8 Å². The third-order valence-corrected chi connectivity index (χ3v) is 6.31. The first-order valence-corrected chi connectivity index (χ1v) is 12.2. The van der Waals surface area contributed by atoms with Crippen molar-refractivity contribution in [1.82, 2.24) is 9.44 Å². The van der Waals surface area contributed by atoms with E-state index in [1.54, 1.807) is 36.4 Å². The summed E-state index contributed by atoms with van der Waals surface area (Å²) in [7, 11) is -6.88. The number of halogens is 1. The molecule has 0 saturated carbocycles. The Balaban J connectivity index is 1.78. The second kappa shape index (κ2) is 8.26.